The summed E-state index contributed by atoms with van der Waals surface area (Å²) in [6, 6.07) is 0. The average molecular weight is 282 g/mol. The third kappa shape index (κ3) is 4.09. The molecule has 0 fully saturated rings. The Hall–Kier alpha value is -0.280. The molecule has 0 rings (SSSR count). The zero-order valence-electron chi connectivity index (χ0n) is 11.1. The van der Waals surface area contributed by atoms with Crippen molar-refractivity contribution in [2.24, 2.45) is 10.8 Å². The van der Waals surface area contributed by atoms with Crippen LogP contribution in [0, 0.1) is 10.8 Å². The van der Waals surface area contributed by atoms with Crippen molar-refractivity contribution in [3.8, 4) is 0 Å². The third-order valence-corrected chi connectivity index (χ3v) is 3.96. The van der Waals surface area contributed by atoms with Crippen molar-refractivity contribution in [3.63, 3.8) is 0 Å². The molecule has 0 aliphatic carbocycles. The van der Waals surface area contributed by atoms with Crippen molar-refractivity contribution in [2.45, 2.75) is 25.4 Å². The highest BCUT2D eigenvalue weighted by atomic mass is 16.3. The second kappa shape index (κ2) is 8.80. The summed E-state index contributed by atoms with van der Waals surface area (Å²) in [5.74, 6) is 0. The maximum absolute atomic E-state index is 9.85. The minimum Gasteiger partial charge on any atom is -0.396 e. The number of hydrogen-bond donors (Lipinski definition) is 7. The van der Waals surface area contributed by atoms with Gasteiger partial charge in [0.2, 0.25) is 0 Å². The quantitative estimate of drug-likeness (QED) is 0.221. The fraction of sp³-hybridized carbons (Fsp3) is 1.00. The van der Waals surface area contributed by atoms with E-state index in [0.29, 0.717) is 6.42 Å². The van der Waals surface area contributed by atoms with E-state index in [1.807, 2.05) is 0 Å². The Morgan fingerprint density at radius 3 is 1.42 bits per heavy atom. The van der Waals surface area contributed by atoms with E-state index >= 15 is 0 Å². The summed E-state index contributed by atoms with van der Waals surface area (Å²) in [6.45, 7) is -3.17. The molecule has 0 bridgehead atoms. The van der Waals surface area contributed by atoms with E-state index in [1.165, 1.54) is 0 Å². The Morgan fingerprint density at radius 1 is 0.684 bits per heavy atom. The molecule has 19 heavy (non-hydrogen) atoms. The van der Waals surface area contributed by atoms with E-state index < -0.39 is 50.0 Å². The molecule has 0 spiro atoms. The van der Waals surface area contributed by atoms with E-state index in [4.69, 9.17) is 5.11 Å². The number of hydrogen-bond acceptors (Lipinski definition) is 7. The molecule has 0 radical (unpaired) electrons. The Bertz CT molecular complexity index is 218. The van der Waals surface area contributed by atoms with E-state index in [1.54, 1.807) is 0 Å². The van der Waals surface area contributed by atoms with Gasteiger partial charge in [0.1, 0.15) is 0 Å². The average Bonchev–Trinajstić information content (AvgIpc) is 2.45. The standard InChI is InChI=1S/C12H26O7/c13-3-1-2-10(19)4-11(5-14,6-15)12(7-16,8-17)9-18/h10,13-19H,1-9H2. The highest BCUT2D eigenvalue weighted by Crippen LogP contribution is 2.42. The van der Waals surface area contributed by atoms with Gasteiger partial charge in [-0.2, -0.15) is 0 Å². The number of aliphatic hydroxyl groups is 7. The Kier molecular flexibility index (Phi) is 8.67. The summed E-state index contributed by atoms with van der Waals surface area (Å²) in [4.78, 5) is 0. The molecule has 1 atom stereocenters. The Morgan fingerprint density at radius 2 is 1.11 bits per heavy atom. The third-order valence-electron chi connectivity index (χ3n) is 3.96. The van der Waals surface area contributed by atoms with Crippen LogP contribution in [0.25, 0.3) is 0 Å². The molecule has 0 heterocycles. The molecule has 0 aromatic rings. The van der Waals surface area contributed by atoms with Crippen molar-refractivity contribution >= 4 is 0 Å². The fourth-order valence-corrected chi connectivity index (χ4v) is 2.26. The van der Waals surface area contributed by atoms with Gasteiger partial charge < -0.3 is 35.7 Å². The van der Waals surface area contributed by atoms with Crippen molar-refractivity contribution < 1.29 is 35.7 Å². The van der Waals surface area contributed by atoms with Crippen LogP contribution in [-0.4, -0.2) is 81.5 Å². The smallest absolute Gasteiger partial charge is 0.0548 e. The highest BCUT2D eigenvalue weighted by molar-refractivity contribution is 4.98. The van der Waals surface area contributed by atoms with Crippen molar-refractivity contribution in [1.29, 1.82) is 0 Å². The molecular formula is C12H26O7. The van der Waals surface area contributed by atoms with Crippen LogP contribution in [0.3, 0.4) is 0 Å². The molecule has 0 saturated heterocycles. The first kappa shape index (κ1) is 18.7. The highest BCUT2D eigenvalue weighted by Gasteiger charge is 2.50. The lowest BCUT2D eigenvalue weighted by molar-refractivity contribution is -0.152. The van der Waals surface area contributed by atoms with Gasteiger partial charge in [0.05, 0.1) is 39.1 Å². The van der Waals surface area contributed by atoms with Crippen LogP contribution in [0.4, 0.5) is 0 Å². The molecule has 0 aliphatic rings. The van der Waals surface area contributed by atoms with E-state index in [0.717, 1.165) is 0 Å². The molecule has 7 heteroatoms. The van der Waals surface area contributed by atoms with E-state index in [9.17, 15) is 30.6 Å². The Labute approximate surface area is 112 Å². The maximum atomic E-state index is 9.85. The van der Waals surface area contributed by atoms with E-state index in [2.05, 4.69) is 0 Å². The first-order valence-corrected chi connectivity index (χ1v) is 6.34. The monoisotopic (exact) mass is 282 g/mol. The summed E-state index contributed by atoms with van der Waals surface area (Å²) >= 11 is 0. The summed E-state index contributed by atoms with van der Waals surface area (Å²) < 4.78 is 0. The van der Waals surface area contributed by atoms with Crippen LogP contribution in [0.1, 0.15) is 19.3 Å². The molecule has 0 amide bonds. The minimum absolute atomic E-state index is 0.0898. The van der Waals surface area contributed by atoms with Crippen LogP contribution in [0.15, 0.2) is 0 Å². The van der Waals surface area contributed by atoms with Crippen LogP contribution < -0.4 is 0 Å². The molecule has 7 N–H and O–H groups in total. The minimum atomic E-state index is -1.49. The first-order chi connectivity index (χ1) is 9.01. The maximum Gasteiger partial charge on any atom is 0.0548 e. The van der Waals surface area contributed by atoms with Crippen LogP contribution >= 0.6 is 0 Å². The fourth-order valence-electron chi connectivity index (χ4n) is 2.26. The predicted molar refractivity (Wildman–Crippen MR) is 67.2 cm³/mol. The topological polar surface area (TPSA) is 142 Å². The SMILES string of the molecule is OCCCC(O)CC(CO)(CO)C(CO)(CO)CO. The Balaban J connectivity index is 5.11. The van der Waals surface area contributed by atoms with Crippen molar-refractivity contribution in [3.05, 3.63) is 0 Å². The molecule has 7 nitrogen and oxygen atoms in total. The molecule has 0 aromatic carbocycles. The number of aliphatic hydroxyl groups excluding tert-OH is 7. The lowest BCUT2D eigenvalue weighted by Crippen LogP contribution is -2.55. The van der Waals surface area contributed by atoms with Gasteiger partial charge in [-0.05, 0) is 19.3 Å². The molecular weight excluding hydrogens is 256 g/mol. The van der Waals surface area contributed by atoms with Gasteiger partial charge in [0.15, 0.2) is 0 Å². The van der Waals surface area contributed by atoms with Crippen LogP contribution in [0.2, 0.25) is 0 Å². The van der Waals surface area contributed by atoms with Gasteiger partial charge in [-0.3, -0.25) is 0 Å². The first-order valence-electron chi connectivity index (χ1n) is 6.34. The van der Waals surface area contributed by atoms with Gasteiger partial charge in [-0.1, -0.05) is 0 Å². The molecule has 0 saturated carbocycles. The van der Waals surface area contributed by atoms with Gasteiger partial charge in [0.25, 0.3) is 0 Å². The van der Waals surface area contributed by atoms with Gasteiger partial charge in [-0.25, -0.2) is 0 Å². The zero-order chi connectivity index (χ0) is 14.9. The van der Waals surface area contributed by atoms with Gasteiger partial charge >= 0.3 is 0 Å². The molecule has 116 valence electrons. The van der Waals surface area contributed by atoms with Crippen molar-refractivity contribution in [2.75, 3.05) is 39.6 Å². The normalized spacial score (nSPS) is 14.7. The largest absolute Gasteiger partial charge is 0.396 e. The van der Waals surface area contributed by atoms with Crippen LogP contribution in [-0.2, 0) is 0 Å². The number of rotatable bonds is 11. The van der Waals surface area contributed by atoms with E-state index in [-0.39, 0.29) is 19.4 Å². The summed E-state index contributed by atoms with van der Waals surface area (Å²) in [5, 5.41) is 65.8. The summed E-state index contributed by atoms with van der Waals surface area (Å²) in [5.41, 5.74) is -2.89. The van der Waals surface area contributed by atoms with Gasteiger partial charge in [0, 0.05) is 17.4 Å². The van der Waals surface area contributed by atoms with Crippen LogP contribution in [0.5, 0.6) is 0 Å². The second-order valence-electron chi connectivity index (χ2n) is 5.08. The van der Waals surface area contributed by atoms with Gasteiger partial charge in [-0.15, -0.1) is 0 Å². The summed E-state index contributed by atoms with van der Waals surface area (Å²) in [6.07, 6.45) is -0.396. The lowest BCUT2D eigenvalue weighted by Gasteiger charge is -2.47. The molecule has 1 unspecified atom stereocenters. The van der Waals surface area contributed by atoms with Crippen molar-refractivity contribution in [1.82, 2.24) is 0 Å². The second-order valence-corrected chi connectivity index (χ2v) is 5.08. The summed E-state index contributed by atoms with van der Waals surface area (Å²) in [7, 11) is 0. The molecule has 0 aliphatic heterocycles. The predicted octanol–water partition coefficient (Wildman–Crippen LogP) is -2.56. The zero-order valence-corrected chi connectivity index (χ0v) is 11.1. The molecule has 0 aromatic heterocycles. The lowest BCUT2D eigenvalue weighted by atomic mass is 9.62.